The van der Waals surface area contributed by atoms with Gasteiger partial charge in [-0.3, -0.25) is 4.79 Å². The van der Waals surface area contributed by atoms with Gasteiger partial charge in [0.15, 0.2) is 0 Å². The first-order chi connectivity index (χ1) is 7.24. The molecule has 1 saturated carbocycles. The smallest absolute Gasteiger partial charge is 0.227 e. The van der Waals surface area contributed by atoms with Gasteiger partial charge in [-0.05, 0) is 25.7 Å². The third-order valence-electron chi connectivity index (χ3n) is 3.76. The van der Waals surface area contributed by atoms with Crippen LogP contribution < -0.4 is 5.73 Å². The fraction of sp³-hybridized carbons (Fsp3) is 0.909. The van der Waals surface area contributed by atoms with Crippen molar-refractivity contribution in [2.75, 3.05) is 13.2 Å². The number of hydrogen-bond donors (Lipinski definition) is 2. The average molecular weight is 212 g/mol. The Morgan fingerprint density at radius 3 is 2.73 bits per heavy atom. The fourth-order valence-electron chi connectivity index (χ4n) is 2.82. The van der Waals surface area contributed by atoms with E-state index < -0.39 is 0 Å². The van der Waals surface area contributed by atoms with Crippen LogP contribution in [-0.4, -0.2) is 41.1 Å². The van der Waals surface area contributed by atoms with Crippen molar-refractivity contribution in [3.63, 3.8) is 0 Å². The molecule has 4 nitrogen and oxygen atoms in total. The molecule has 1 amide bonds. The SMILES string of the molecule is NC1CCCC1C(=O)N1CCC[C@@H]1CO. The molecule has 0 radical (unpaired) electrons. The number of nitrogens with two attached hydrogens (primary N) is 1. The highest BCUT2D eigenvalue weighted by Gasteiger charge is 2.37. The van der Waals surface area contributed by atoms with E-state index in [1.54, 1.807) is 0 Å². The van der Waals surface area contributed by atoms with Gasteiger partial charge in [-0.15, -0.1) is 0 Å². The maximum atomic E-state index is 12.2. The summed E-state index contributed by atoms with van der Waals surface area (Å²) in [6.07, 6.45) is 4.90. The van der Waals surface area contributed by atoms with Crippen molar-refractivity contribution in [1.29, 1.82) is 0 Å². The Kier molecular flexibility index (Phi) is 3.26. The van der Waals surface area contributed by atoms with Gasteiger partial charge in [0, 0.05) is 12.6 Å². The Morgan fingerprint density at radius 1 is 1.33 bits per heavy atom. The average Bonchev–Trinajstić information content (AvgIpc) is 2.84. The quantitative estimate of drug-likeness (QED) is 0.682. The van der Waals surface area contributed by atoms with Crippen molar-refractivity contribution in [3.05, 3.63) is 0 Å². The zero-order chi connectivity index (χ0) is 10.8. The summed E-state index contributed by atoms with van der Waals surface area (Å²) in [5, 5.41) is 9.17. The summed E-state index contributed by atoms with van der Waals surface area (Å²) in [5.74, 6) is 0.189. The lowest BCUT2D eigenvalue weighted by Crippen LogP contribution is -2.45. The van der Waals surface area contributed by atoms with Gasteiger partial charge in [0.2, 0.25) is 5.91 Å². The topological polar surface area (TPSA) is 66.6 Å². The second-order valence-electron chi connectivity index (χ2n) is 4.71. The number of aliphatic hydroxyl groups excluding tert-OH is 1. The van der Waals surface area contributed by atoms with Gasteiger partial charge in [-0.2, -0.15) is 0 Å². The highest BCUT2D eigenvalue weighted by Crippen LogP contribution is 2.28. The van der Waals surface area contributed by atoms with Crippen molar-refractivity contribution in [2.24, 2.45) is 11.7 Å². The molecule has 0 aromatic carbocycles. The molecule has 0 aromatic rings. The zero-order valence-corrected chi connectivity index (χ0v) is 9.06. The number of amides is 1. The lowest BCUT2D eigenvalue weighted by molar-refractivity contribution is -0.137. The van der Waals surface area contributed by atoms with Gasteiger partial charge in [-0.25, -0.2) is 0 Å². The van der Waals surface area contributed by atoms with E-state index in [1.165, 1.54) is 0 Å². The molecule has 2 aliphatic rings. The molecule has 0 bridgehead atoms. The Balaban J connectivity index is 2.00. The van der Waals surface area contributed by atoms with E-state index in [0.29, 0.717) is 0 Å². The van der Waals surface area contributed by atoms with Gasteiger partial charge in [0.1, 0.15) is 0 Å². The summed E-state index contributed by atoms with van der Waals surface area (Å²) in [4.78, 5) is 14.0. The summed E-state index contributed by atoms with van der Waals surface area (Å²) in [6, 6.07) is 0.0859. The molecule has 4 heteroatoms. The van der Waals surface area contributed by atoms with Crippen LogP contribution in [0.5, 0.6) is 0 Å². The van der Waals surface area contributed by atoms with E-state index in [9.17, 15) is 4.79 Å². The minimum atomic E-state index is 0.0112. The Labute approximate surface area is 90.4 Å². The standard InChI is InChI=1S/C11H20N2O2/c12-10-5-1-4-9(10)11(15)13-6-2-3-8(13)7-14/h8-10,14H,1-7,12H2/t8-,9?,10?/m1/s1. The Hall–Kier alpha value is -0.610. The molecule has 1 saturated heterocycles. The number of nitrogens with zero attached hydrogens (tertiary/aromatic N) is 1. The largest absolute Gasteiger partial charge is 0.394 e. The normalized spacial score (nSPS) is 36.1. The van der Waals surface area contributed by atoms with Crippen molar-refractivity contribution < 1.29 is 9.90 Å². The molecule has 0 spiro atoms. The van der Waals surface area contributed by atoms with E-state index in [-0.39, 0.29) is 30.5 Å². The third kappa shape index (κ3) is 2.01. The molecule has 3 N–H and O–H groups in total. The molecule has 2 rings (SSSR count). The first-order valence-corrected chi connectivity index (χ1v) is 5.91. The van der Waals surface area contributed by atoms with Crippen LogP contribution in [-0.2, 0) is 4.79 Å². The predicted octanol–water partition coefficient (Wildman–Crippen LogP) is 0.0971. The van der Waals surface area contributed by atoms with Gasteiger partial charge in [0.05, 0.1) is 18.6 Å². The van der Waals surface area contributed by atoms with Crippen LogP contribution in [0.2, 0.25) is 0 Å². The number of carbonyl (C=O) groups excluding carboxylic acids is 1. The second-order valence-corrected chi connectivity index (χ2v) is 4.71. The lowest BCUT2D eigenvalue weighted by Gasteiger charge is -2.27. The number of rotatable bonds is 2. The second kappa shape index (κ2) is 4.49. The van der Waals surface area contributed by atoms with Crippen LogP contribution >= 0.6 is 0 Å². The minimum Gasteiger partial charge on any atom is -0.394 e. The molecular weight excluding hydrogens is 192 g/mol. The van der Waals surface area contributed by atoms with Crippen LogP contribution in [0.3, 0.4) is 0 Å². The van der Waals surface area contributed by atoms with E-state index in [2.05, 4.69) is 0 Å². The Bertz CT molecular complexity index is 245. The summed E-state index contributed by atoms with van der Waals surface area (Å²) in [6.45, 7) is 0.890. The van der Waals surface area contributed by atoms with Crippen molar-refractivity contribution in [2.45, 2.75) is 44.2 Å². The summed E-state index contributed by atoms with van der Waals surface area (Å²) in [7, 11) is 0. The molecule has 86 valence electrons. The molecular formula is C11H20N2O2. The van der Waals surface area contributed by atoms with Crippen LogP contribution in [0, 0.1) is 5.92 Å². The maximum absolute atomic E-state index is 12.2. The first-order valence-electron chi connectivity index (χ1n) is 5.91. The van der Waals surface area contributed by atoms with Crippen LogP contribution in [0.25, 0.3) is 0 Å². The van der Waals surface area contributed by atoms with Gasteiger partial charge in [0.25, 0.3) is 0 Å². The highest BCUT2D eigenvalue weighted by molar-refractivity contribution is 5.80. The first kappa shape index (κ1) is 10.9. The Morgan fingerprint density at radius 2 is 2.13 bits per heavy atom. The number of aliphatic hydroxyl groups is 1. The highest BCUT2D eigenvalue weighted by atomic mass is 16.3. The molecule has 0 aromatic heterocycles. The molecule has 3 atom stereocenters. The third-order valence-corrected chi connectivity index (χ3v) is 3.76. The van der Waals surface area contributed by atoms with Crippen molar-refractivity contribution in [1.82, 2.24) is 4.90 Å². The van der Waals surface area contributed by atoms with Crippen molar-refractivity contribution in [3.8, 4) is 0 Å². The van der Waals surface area contributed by atoms with Crippen LogP contribution in [0.1, 0.15) is 32.1 Å². The molecule has 2 unspecified atom stereocenters. The van der Waals surface area contributed by atoms with Gasteiger partial charge >= 0.3 is 0 Å². The summed E-state index contributed by atoms with van der Waals surface area (Å²) < 4.78 is 0. The fourth-order valence-corrected chi connectivity index (χ4v) is 2.82. The zero-order valence-electron chi connectivity index (χ0n) is 9.06. The predicted molar refractivity (Wildman–Crippen MR) is 57.1 cm³/mol. The molecule has 1 heterocycles. The van der Waals surface area contributed by atoms with E-state index in [1.807, 2.05) is 4.90 Å². The molecule has 2 fully saturated rings. The molecule has 1 aliphatic carbocycles. The summed E-state index contributed by atoms with van der Waals surface area (Å²) in [5.41, 5.74) is 5.92. The maximum Gasteiger partial charge on any atom is 0.227 e. The van der Waals surface area contributed by atoms with E-state index in [0.717, 1.165) is 38.6 Å². The van der Waals surface area contributed by atoms with Gasteiger partial charge in [-0.1, -0.05) is 6.42 Å². The van der Waals surface area contributed by atoms with Crippen molar-refractivity contribution >= 4 is 5.91 Å². The summed E-state index contributed by atoms with van der Waals surface area (Å²) >= 11 is 0. The minimum absolute atomic E-state index is 0.0112. The van der Waals surface area contributed by atoms with Crippen LogP contribution in [0.15, 0.2) is 0 Å². The number of likely N-dealkylation sites (tertiary alicyclic amines) is 1. The molecule has 15 heavy (non-hydrogen) atoms. The van der Waals surface area contributed by atoms with E-state index >= 15 is 0 Å². The van der Waals surface area contributed by atoms with E-state index in [4.69, 9.17) is 10.8 Å². The number of hydrogen-bond acceptors (Lipinski definition) is 3. The monoisotopic (exact) mass is 212 g/mol. The molecule has 1 aliphatic heterocycles. The lowest BCUT2D eigenvalue weighted by atomic mass is 10.0. The number of carbonyl (C=O) groups is 1. The van der Waals surface area contributed by atoms with Gasteiger partial charge < -0.3 is 15.7 Å². The van der Waals surface area contributed by atoms with Crippen LogP contribution in [0.4, 0.5) is 0 Å².